The molecule has 2 amide bonds. The number of rotatable bonds is 4. The normalized spacial score (nSPS) is 27.2. The summed E-state index contributed by atoms with van der Waals surface area (Å²) in [6.07, 6.45) is 7.17. The zero-order valence-corrected chi connectivity index (χ0v) is 11.8. The van der Waals surface area contributed by atoms with E-state index in [0.717, 1.165) is 32.3 Å². The molecule has 1 spiro atoms. The molecule has 0 aromatic heterocycles. The molecule has 2 rings (SSSR count). The van der Waals surface area contributed by atoms with Gasteiger partial charge in [-0.25, -0.2) is 4.79 Å². The molecule has 1 heterocycles. The van der Waals surface area contributed by atoms with Gasteiger partial charge in [0.05, 0.1) is 5.60 Å². The van der Waals surface area contributed by atoms with Crippen LogP contribution in [0.1, 0.15) is 51.9 Å². The molecule has 0 aromatic carbocycles. The largest absolute Gasteiger partial charge is 0.396 e. The van der Waals surface area contributed by atoms with E-state index in [-0.39, 0.29) is 30.3 Å². The minimum absolute atomic E-state index is 0.00489. The number of amides is 2. The topological polar surface area (TPSA) is 70.6 Å². The van der Waals surface area contributed by atoms with Crippen molar-refractivity contribution in [2.75, 3.05) is 13.2 Å². The summed E-state index contributed by atoms with van der Waals surface area (Å²) < 4.78 is 5.95. The van der Waals surface area contributed by atoms with Crippen LogP contribution in [0.25, 0.3) is 0 Å². The van der Waals surface area contributed by atoms with Crippen molar-refractivity contribution in [3.63, 3.8) is 0 Å². The van der Waals surface area contributed by atoms with Gasteiger partial charge in [0.15, 0.2) is 0 Å². The van der Waals surface area contributed by atoms with Crippen LogP contribution in [0.3, 0.4) is 0 Å². The SMILES string of the molecule is C[C@H](CCO)NC(=O)NC1CCOC2(CCCC2)C1. The first-order valence-electron chi connectivity index (χ1n) is 7.45. The van der Waals surface area contributed by atoms with Crippen LogP contribution in [-0.4, -0.2) is 42.0 Å². The third-order valence-electron chi connectivity index (χ3n) is 4.28. The highest BCUT2D eigenvalue weighted by molar-refractivity contribution is 5.74. The maximum atomic E-state index is 11.9. The number of hydrogen-bond acceptors (Lipinski definition) is 3. The van der Waals surface area contributed by atoms with Crippen LogP contribution in [0, 0.1) is 0 Å². The molecule has 19 heavy (non-hydrogen) atoms. The molecule has 0 bridgehead atoms. The monoisotopic (exact) mass is 270 g/mol. The zero-order chi connectivity index (χ0) is 13.7. The van der Waals surface area contributed by atoms with E-state index in [9.17, 15) is 4.79 Å². The van der Waals surface area contributed by atoms with Crippen molar-refractivity contribution < 1.29 is 14.6 Å². The van der Waals surface area contributed by atoms with Crippen molar-refractivity contribution in [3.8, 4) is 0 Å². The van der Waals surface area contributed by atoms with Crippen molar-refractivity contribution >= 4 is 6.03 Å². The van der Waals surface area contributed by atoms with Gasteiger partial charge >= 0.3 is 6.03 Å². The first-order valence-corrected chi connectivity index (χ1v) is 7.45. The summed E-state index contributed by atoms with van der Waals surface area (Å²) in [5.74, 6) is 0. The number of carbonyl (C=O) groups excluding carboxylic acids is 1. The number of nitrogens with one attached hydrogen (secondary N) is 2. The van der Waals surface area contributed by atoms with Gasteiger partial charge in [-0.2, -0.15) is 0 Å². The van der Waals surface area contributed by atoms with Gasteiger partial charge in [-0.3, -0.25) is 0 Å². The molecule has 1 aliphatic carbocycles. The average Bonchev–Trinajstić information content (AvgIpc) is 2.77. The Bertz CT molecular complexity index is 303. The second-order valence-corrected chi connectivity index (χ2v) is 5.96. The lowest BCUT2D eigenvalue weighted by Crippen LogP contribution is -2.51. The second kappa shape index (κ2) is 6.57. The van der Waals surface area contributed by atoms with Gasteiger partial charge in [0, 0.05) is 25.3 Å². The molecule has 2 atom stereocenters. The Morgan fingerprint density at radius 3 is 2.89 bits per heavy atom. The molecule has 2 aliphatic rings. The fraction of sp³-hybridized carbons (Fsp3) is 0.929. The summed E-state index contributed by atoms with van der Waals surface area (Å²) in [7, 11) is 0. The van der Waals surface area contributed by atoms with Gasteiger partial charge in [0.2, 0.25) is 0 Å². The Kier molecular flexibility index (Phi) is 5.05. The van der Waals surface area contributed by atoms with E-state index in [1.807, 2.05) is 6.92 Å². The Morgan fingerprint density at radius 1 is 1.47 bits per heavy atom. The molecular formula is C14H26N2O3. The quantitative estimate of drug-likeness (QED) is 0.726. The number of hydrogen-bond donors (Lipinski definition) is 3. The maximum Gasteiger partial charge on any atom is 0.315 e. The fourth-order valence-corrected chi connectivity index (χ4v) is 3.24. The molecule has 0 aromatic rings. The van der Waals surface area contributed by atoms with Crippen molar-refractivity contribution in [1.82, 2.24) is 10.6 Å². The summed E-state index contributed by atoms with van der Waals surface area (Å²) in [6.45, 7) is 2.75. The van der Waals surface area contributed by atoms with Gasteiger partial charge < -0.3 is 20.5 Å². The molecule has 110 valence electrons. The minimum atomic E-state index is -0.124. The predicted molar refractivity (Wildman–Crippen MR) is 73.0 cm³/mol. The third kappa shape index (κ3) is 4.08. The maximum absolute atomic E-state index is 11.9. The van der Waals surface area contributed by atoms with Gasteiger partial charge in [0.25, 0.3) is 0 Å². The molecule has 5 nitrogen and oxygen atoms in total. The summed E-state index contributed by atoms with van der Waals surface area (Å²) in [4.78, 5) is 11.9. The molecule has 0 radical (unpaired) electrons. The van der Waals surface area contributed by atoms with Crippen LogP contribution in [0.2, 0.25) is 0 Å². The van der Waals surface area contributed by atoms with Crippen LogP contribution in [0.4, 0.5) is 4.79 Å². The fourth-order valence-electron chi connectivity index (χ4n) is 3.24. The van der Waals surface area contributed by atoms with Crippen molar-refractivity contribution in [3.05, 3.63) is 0 Å². The van der Waals surface area contributed by atoms with E-state index in [4.69, 9.17) is 9.84 Å². The summed E-state index contributed by atoms with van der Waals surface area (Å²) in [5, 5.41) is 14.7. The van der Waals surface area contributed by atoms with Crippen molar-refractivity contribution in [2.45, 2.75) is 69.6 Å². The van der Waals surface area contributed by atoms with E-state index in [1.54, 1.807) is 0 Å². The Morgan fingerprint density at radius 2 is 2.21 bits per heavy atom. The van der Waals surface area contributed by atoms with E-state index >= 15 is 0 Å². The van der Waals surface area contributed by atoms with E-state index in [2.05, 4.69) is 10.6 Å². The number of aliphatic hydroxyl groups excluding tert-OH is 1. The van der Waals surface area contributed by atoms with Crippen molar-refractivity contribution in [2.24, 2.45) is 0 Å². The Labute approximate surface area is 115 Å². The standard InChI is InChI=1S/C14H26N2O3/c1-11(4-8-17)15-13(18)16-12-5-9-19-14(10-12)6-2-3-7-14/h11-12,17H,2-10H2,1H3,(H2,15,16,18)/t11-,12?/m1/s1. The summed E-state index contributed by atoms with van der Waals surface area (Å²) in [5.41, 5.74) is 0.0346. The summed E-state index contributed by atoms with van der Waals surface area (Å²) >= 11 is 0. The number of carbonyl (C=O) groups is 1. The Hall–Kier alpha value is -0.810. The zero-order valence-electron chi connectivity index (χ0n) is 11.8. The van der Waals surface area contributed by atoms with Crippen LogP contribution in [0.5, 0.6) is 0 Å². The lowest BCUT2D eigenvalue weighted by molar-refractivity contribution is -0.0820. The summed E-state index contributed by atoms with van der Waals surface area (Å²) in [6, 6.07) is 0.0967. The lowest BCUT2D eigenvalue weighted by atomic mass is 9.89. The van der Waals surface area contributed by atoms with E-state index in [0.29, 0.717) is 6.42 Å². The molecule has 1 saturated heterocycles. The van der Waals surface area contributed by atoms with Crippen LogP contribution in [-0.2, 0) is 4.74 Å². The predicted octanol–water partition coefficient (Wildman–Crippen LogP) is 1.55. The van der Waals surface area contributed by atoms with E-state index in [1.165, 1.54) is 12.8 Å². The molecule has 2 fully saturated rings. The number of aliphatic hydroxyl groups is 1. The third-order valence-corrected chi connectivity index (χ3v) is 4.28. The highest BCUT2D eigenvalue weighted by Gasteiger charge is 2.40. The van der Waals surface area contributed by atoms with Crippen LogP contribution < -0.4 is 10.6 Å². The van der Waals surface area contributed by atoms with Gasteiger partial charge in [-0.15, -0.1) is 0 Å². The highest BCUT2D eigenvalue weighted by Crippen LogP contribution is 2.39. The highest BCUT2D eigenvalue weighted by atomic mass is 16.5. The number of urea groups is 1. The average molecular weight is 270 g/mol. The molecule has 1 saturated carbocycles. The first kappa shape index (κ1) is 14.6. The van der Waals surface area contributed by atoms with Gasteiger partial charge in [0.1, 0.15) is 0 Å². The molecule has 1 unspecified atom stereocenters. The van der Waals surface area contributed by atoms with E-state index < -0.39 is 0 Å². The van der Waals surface area contributed by atoms with Crippen molar-refractivity contribution in [1.29, 1.82) is 0 Å². The van der Waals surface area contributed by atoms with Gasteiger partial charge in [-0.05, 0) is 39.0 Å². The number of ether oxygens (including phenoxy) is 1. The van der Waals surface area contributed by atoms with Crippen LogP contribution in [0.15, 0.2) is 0 Å². The Balaban J connectivity index is 1.77. The molecule has 5 heteroatoms. The molecule has 3 N–H and O–H groups in total. The molecular weight excluding hydrogens is 244 g/mol. The van der Waals surface area contributed by atoms with Gasteiger partial charge in [-0.1, -0.05) is 12.8 Å². The minimum Gasteiger partial charge on any atom is -0.396 e. The molecule has 1 aliphatic heterocycles. The smallest absolute Gasteiger partial charge is 0.315 e. The van der Waals surface area contributed by atoms with Crippen LogP contribution >= 0.6 is 0 Å². The first-order chi connectivity index (χ1) is 9.13. The second-order valence-electron chi connectivity index (χ2n) is 5.96. The lowest BCUT2D eigenvalue weighted by Gasteiger charge is -2.38.